The molecule has 1 aromatic carbocycles. The fraction of sp³-hybridized carbons (Fsp3) is 0.467. The minimum Gasteiger partial charge on any atom is -0.507 e. The molecule has 1 fully saturated rings. The van der Waals surface area contributed by atoms with Gasteiger partial charge in [-0.05, 0) is 31.0 Å². The zero-order chi connectivity index (χ0) is 16.1. The Morgan fingerprint density at radius 3 is 2.68 bits per heavy atom. The number of fused-ring (bicyclic) bond motifs is 1. The van der Waals surface area contributed by atoms with Crippen LogP contribution in [0.5, 0.6) is 11.5 Å². The van der Waals surface area contributed by atoms with Crippen LogP contribution in [0.3, 0.4) is 0 Å². The van der Waals surface area contributed by atoms with Gasteiger partial charge in [0.1, 0.15) is 23.2 Å². The molecule has 118 valence electrons. The van der Waals surface area contributed by atoms with Crippen LogP contribution in [0.4, 0.5) is 0 Å². The summed E-state index contributed by atoms with van der Waals surface area (Å²) < 4.78 is 10.9. The summed E-state index contributed by atoms with van der Waals surface area (Å²) in [4.78, 5) is 23.7. The molecule has 0 bridgehead atoms. The summed E-state index contributed by atoms with van der Waals surface area (Å²) in [7, 11) is 0. The molecule has 0 saturated carbocycles. The number of aliphatic hydroxyl groups excluding tert-OH is 2. The number of ether oxygens (including phenoxy) is 2. The lowest BCUT2D eigenvalue weighted by Crippen LogP contribution is -2.59. The minimum atomic E-state index is -1.57. The SMILES string of the molecule is C[C@@]1([C@@H]2CCC(=O)O2)Oc2cc(CO)cc(O)c2C(=O)[C@H]1O. The molecular formula is C15H16O7. The number of aliphatic hydroxyl groups is 2. The molecule has 2 aliphatic rings. The number of esters is 1. The second kappa shape index (κ2) is 4.96. The Morgan fingerprint density at radius 2 is 2.09 bits per heavy atom. The van der Waals surface area contributed by atoms with Crippen LogP contribution >= 0.6 is 0 Å². The van der Waals surface area contributed by atoms with E-state index in [9.17, 15) is 24.9 Å². The van der Waals surface area contributed by atoms with Gasteiger partial charge in [0, 0.05) is 6.42 Å². The molecule has 3 atom stereocenters. The summed E-state index contributed by atoms with van der Waals surface area (Å²) in [5, 5.41) is 29.4. The molecule has 0 spiro atoms. The predicted octanol–water partition coefficient (Wildman–Crippen LogP) is 0.285. The first-order chi connectivity index (χ1) is 10.4. The third-order valence-corrected chi connectivity index (χ3v) is 4.21. The number of Topliss-reactive ketones (excluding diaryl/α,β-unsaturated/α-hetero) is 1. The van der Waals surface area contributed by atoms with E-state index in [2.05, 4.69) is 0 Å². The highest BCUT2D eigenvalue weighted by atomic mass is 16.6. The highest BCUT2D eigenvalue weighted by molar-refractivity contribution is 6.06. The van der Waals surface area contributed by atoms with Crippen LogP contribution in [0.2, 0.25) is 0 Å². The highest BCUT2D eigenvalue weighted by Crippen LogP contribution is 2.42. The van der Waals surface area contributed by atoms with Crippen LogP contribution in [-0.4, -0.2) is 44.9 Å². The number of hydrogen-bond donors (Lipinski definition) is 3. The Bertz CT molecular complexity index is 654. The number of phenols is 1. The maximum Gasteiger partial charge on any atom is 0.306 e. The number of hydrogen-bond acceptors (Lipinski definition) is 7. The average Bonchev–Trinajstić information content (AvgIpc) is 2.91. The van der Waals surface area contributed by atoms with Gasteiger partial charge >= 0.3 is 5.97 Å². The fourth-order valence-electron chi connectivity index (χ4n) is 2.94. The summed E-state index contributed by atoms with van der Waals surface area (Å²) in [5.41, 5.74) is -1.20. The van der Waals surface area contributed by atoms with Crippen LogP contribution < -0.4 is 4.74 Å². The number of cyclic esters (lactones) is 1. The van der Waals surface area contributed by atoms with Crippen molar-refractivity contribution in [2.24, 2.45) is 0 Å². The van der Waals surface area contributed by atoms with Gasteiger partial charge in [-0.1, -0.05) is 0 Å². The van der Waals surface area contributed by atoms with E-state index in [0.29, 0.717) is 12.0 Å². The van der Waals surface area contributed by atoms with Crippen LogP contribution in [0.15, 0.2) is 12.1 Å². The number of phenolic OH excluding ortho intramolecular Hbond substituents is 1. The third kappa shape index (κ3) is 2.05. The largest absolute Gasteiger partial charge is 0.507 e. The average molecular weight is 308 g/mol. The van der Waals surface area contributed by atoms with Crippen molar-refractivity contribution in [3.05, 3.63) is 23.3 Å². The molecule has 2 aliphatic heterocycles. The van der Waals surface area contributed by atoms with Crippen molar-refractivity contribution in [3.63, 3.8) is 0 Å². The maximum atomic E-state index is 12.4. The number of ketones is 1. The number of carbonyl (C=O) groups is 2. The number of aromatic hydroxyl groups is 1. The molecule has 3 N–H and O–H groups in total. The minimum absolute atomic E-state index is 0.0600. The fourth-order valence-corrected chi connectivity index (χ4v) is 2.94. The van der Waals surface area contributed by atoms with Crippen LogP contribution in [0.1, 0.15) is 35.7 Å². The second-order valence-corrected chi connectivity index (χ2v) is 5.72. The summed E-state index contributed by atoms with van der Waals surface area (Å²) in [5.74, 6) is -1.42. The van der Waals surface area contributed by atoms with Crippen molar-refractivity contribution in [2.75, 3.05) is 0 Å². The lowest BCUT2D eigenvalue weighted by Gasteiger charge is -2.41. The van der Waals surface area contributed by atoms with E-state index in [0.717, 1.165) is 0 Å². The quantitative estimate of drug-likeness (QED) is 0.673. The second-order valence-electron chi connectivity index (χ2n) is 5.72. The molecule has 7 nitrogen and oxygen atoms in total. The monoisotopic (exact) mass is 308 g/mol. The van der Waals surface area contributed by atoms with E-state index in [1.165, 1.54) is 19.1 Å². The highest BCUT2D eigenvalue weighted by Gasteiger charge is 2.54. The molecule has 0 radical (unpaired) electrons. The first kappa shape index (κ1) is 14.8. The van der Waals surface area contributed by atoms with E-state index in [4.69, 9.17) is 9.47 Å². The molecule has 1 aromatic rings. The Hall–Kier alpha value is -2.12. The van der Waals surface area contributed by atoms with Crippen LogP contribution in [-0.2, 0) is 16.1 Å². The lowest BCUT2D eigenvalue weighted by atomic mass is 9.82. The first-order valence-corrected chi connectivity index (χ1v) is 6.94. The molecule has 0 aromatic heterocycles. The Kier molecular flexibility index (Phi) is 3.34. The van der Waals surface area contributed by atoms with Crippen molar-refractivity contribution in [3.8, 4) is 11.5 Å². The van der Waals surface area contributed by atoms with Crippen molar-refractivity contribution in [2.45, 2.75) is 44.2 Å². The molecule has 3 rings (SSSR count). The van der Waals surface area contributed by atoms with Gasteiger partial charge in [-0.25, -0.2) is 0 Å². The Morgan fingerprint density at radius 1 is 1.36 bits per heavy atom. The van der Waals surface area contributed by atoms with Gasteiger partial charge in [-0.3, -0.25) is 9.59 Å². The molecule has 0 aliphatic carbocycles. The zero-order valence-corrected chi connectivity index (χ0v) is 11.9. The van der Waals surface area contributed by atoms with Gasteiger partial charge in [0.15, 0.2) is 11.7 Å². The van der Waals surface area contributed by atoms with Gasteiger partial charge in [0.05, 0.1) is 6.61 Å². The van der Waals surface area contributed by atoms with E-state index in [1.807, 2.05) is 0 Å². The third-order valence-electron chi connectivity index (χ3n) is 4.21. The van der Waals surface area contributed by atoms with Gasteiger partial charge in [-0.15, -0.1) is 0 Å². The first-order valence-electron chi connectivity index (χ1n) is 6.94. The molecule has 0 unspecified atom stereocenters. The topological polar surface area (TPSA) is 113 Å². The van der Waals surface area contributed by atoms with Crippen molar-refractivity contribution < 1.29 is 34.4 Å². The maximum absolute atomic E-state index is 12.4. The van der Waals surface area contributed by atoms with E-state index in [1.54, 1.807) is 0 Å². The predicted molar refractivity (Wildman–Crippen MR) is 72.5 cm³/mol. The van der Waals surface area contributed by atoms with E-state index >= 15 is 0 Å². The van der Waals surface area contributed by atoms with Crippen LogP contribution in [0.25, 0.3) is 0 Å². The molecule has 7 heteroatoms. The van der Waals surface area contributed by atoms with Crippen molar-refractivity contribution >= 4 is 11.8 Å². The zero-order valence-electron chi connectivity index (χ0n) is 11.9. The van der Waals surface area contributed by atoms with Gasteiger partial charge in [0.2, 0.25) is 5.78 Å². The molecule has 22 heavy (non-hydrogen) atoms. The van der Waals surface area contributed by atoms with Gasteiger partial charge in [0.25, 0.3) is 0 Å². The summed E-state index contributed by atoms with van der Waals surface area (Å²) in [6.45, 7) is 1.15. The van der Waals surface area contributed by atoms with Gasteiger partial charge < -0.3 is 24.8 Å². The summed E-state index contributed by atoms with van der Waals surface area (Å²) in [6.07, 6.45) is -1.80. The summed E-state index contributed by atoms with van der Waals surface area (Å²) in [6, 6.07) is 2.67. The van der Waals surface area contributed by atoms with Crippen molar-refractivity contribution in [1.29, 1.82) is 0 Å². The molecule has 2 heterocycles. The number of carbonyl (C=O) groups excluding carboxylic acids is 2. The molecular weight excluding hydrogens is 292 g/mol. The Balaban J connectivity index is 2.06. The van der Waals surface area contributed by atoms with E-state index < -0.39 is 29.6 Å². The smallest absolute Gasteiger partial charge is 0.306 e. The Labute approximate surface area is 126 Å². The van der Waals surface area contributed by atoms with E-state index in [-0.39, 0.29) is 30.1 Å². The normalized spacial score (nSPS) is 30.7. The summed E-state index contributed by atoms with van der Waals surface area (Å²) >= 11 is 0. The lowest BCUT2D eigenvalue weighted by molar-refractivity contribution is -0.157. The van der Waals surface area contributed by atoms with Crippen LogP contribution in [0, 0.1) is 0 Å². The standard InChI is InChI=1S/C15H16O7/c1-15(10-2-3-11(18)21-10)14(20)13(19)12-8(17)4-7(6-16)5-9(12)22-15/h4-5,10,14,16-17,20H,2-3,6H2,1H3/t10-,14+,15-/m0/s1. The van der Waals surface area contributed by atoms with Crippen molar-refractivity contribution in [1.82, 2.24) is 0 Å². The number of benzene rings is 1. The number of rotatable bonds is 2. The molecule has 0 amide bonds. The molecule has 1 saturated heterocycles. The van der Waals surface area contributed by atoms with Gasteiger partial charge in [-0.2, -0.15) is 0 Å².